The number of carbonyl (C=O) groups excluding carboxylic acids is 1. The van der Waals surface area contributed by atoms with E-state index in [1.54, 1.807) is 18.3 Å². The van der Waals surface area contributed by atoms with Gasteiger partial charge in [-0.05, 0) is 29.8 Å². The van der Waals surface area contributed by atoms with Gasteiger partial charge in [-0.25, -0.2) is 9.59 Å². The molecule has 1 N–H and O–H groups in total. The summed E-state index contributed by atoms with van der Waals surface area (Å²) in [5, 5.41) is 9.00. The first kappa shape index (κ1) is 17.5. The van der Waals surface area contributed by atoms with Crippen molar-refractivity contribution in [3.05, 3.63) is 65.5 Å². The molecule has 2 aliphatic heterocycles. The molecular formula is C20H22N4O3. The lowest BCUT2D eigenvalue weighted by molar-refractivity contribution is 0.0697. The molecule has 2 saturated heterocycles. The van der Waals surface area contributed by atoms with Crippen LogP contribution in [0.4, 0.5) is 4.79 Å². The van der Waals surface area contributed by atoms with Crippen LogP contribution in [-0.2, 0) is 13.1 Å². The standard InChI is InChI=1S/C20H22N4O3/c25-19(26)16-6-4-15(5-7-16)11-22-9-10-24-18(13-22)14-23(20(24)27)12-17-3-1-2-8-21-17/h1-8,18H,9-14H2,(H,25,26)/t18-/m1/s1. The molecule has 1 atom stereocenters. The lowest BCUT2D eigenvalue weighted by atomic mass is 10.1. The van der Waals surface area contributed by atoms with Crippen LogP contribution in [0.1, 0.15) is 21.6 Å². The minimum absolute atomic E-state index is 0.0936. The third-order valence-electron chi connectivity index (χ3n) is 5.20. The maximum atomic E-state index is 12.7. The molecule has 0 bridgehead atoms. The van der Waals surface area contributed by atoms with E-state index in [4.69, 9.17) is 5.11 Å². The van der Waals surface area contributed by atoms with Crippen molar-refractivity contribution in [2.45, 2.75) is 19.1 Å². The molecule has 2 amide bonds. The summed E-state index contributed by atoms with van der Waals surface area (Å²) in [4.78, 5) is 34.1. The van der Waals surface area contributed by atoms with Gasteiger partial charge in [-0.1, -0.05) is 18.2 Å². The van der Waals surface area contributed by atoms with Crippen LogP contribution < -0.4 is 0 Å². The molecule has 1 aromatic heterocycles. The number of amides is 2. The van der Waals surface area contributed by atoms with Gasteiger partial charge in [0.15, 0.2) is 0 Å². The van der Waals surface area contributed by atoms with Crippen molar-refractivity contribution in [2.24, 2.45) is 0 Å². The van der Waals surface area contributed by atoms with E-state index < -0.39 is 5.97 Å². The van der Waals surface area contributed by atoms with Gasteiger partial charge < -0.3 is 14.9 Å². The van der Waals surface area contributed by atoms with Gasteiger partial charge in [0.05, 0.1) is 23.8 Å². The number of hydrogen-bond acceptors (Lipinski definition) is 4. The lowest BCUT2D eigenvalue weighted by Gasteiger charge is -2.36. The Morgan fingerprint density at radius 2 is 1.89 bits per heavy atom. The summed E-state index contributed by atoms with van der Waals surface area (Å²) in [7, 11) is 0. The third-order valence-corrected chi connectivity index (χ3v) is 5.20. The molecule has 27 heavy (non-hydrogen) atoms. The maximum absolute atomic E-state index is 12.7. The average Bonchev–Trinajstić information content (AvgIpc) is 2.98. The number of carbonyl (C=O) groups is 2. The number of fused-ring (bicyclic) bond motifs is 1. The SMILES string of the molecule is O=C(O)c1ccc(CN2CCN3C(=O)N(Cc4ccccn4)C[C@H]3C2)cc1. The number of pyridine rings is 1. The van der Waals surface area contributed by atoms with E-state index in [2.05, 4.69) is 9.88 Å². The second-order valence-electron chi connectivity index (χ2n) is 7.07. The van der Waals surface area contributed by atoms with Gasteiger partial charge in [-0.3, -0.25) is 9.88 Å². The molecule has 0 unspecified atom stereocenters. The fourth-order valence-corrected chi connectivity index (χ4v) is 3.82. The van der Waals surface area contributed by atoms with E-state index in [0.29, 0.717) is 18.7 Å². The number of rotatable bonds is 5. The van der Waals surface area contributed by atoms with Crippen molar-refractivity contribution >= 4 is 12.0 Å². The minimum atomic E-state index is -0.910. The van der Waals surface area contributed by atoms with Crippen molar-refractivity contribution in [1.82, 2.24) is 19.7 Å². The smallest absolute Gasteiger partial charge is 0.335 e. The van der Waals surface area contributed by atoms with Gasteiger partial charge in [0.1, 0.15) is 0 Å². The first-order chi connectivity index (χ1) is 13.1. The van der Waals surface area contributed by atoms with E-state index in [0.717, 1.165) is 37.4 Å². The number of hydrogen-bond donors (Lipinski definition) is 1. The van der Waals surface area contributed by atoms with Crippen molar-refractivity contribution in [2.75, 3.05) is 26.2 Å². The van der Waals surface area contributed by atoms with Crippen LogP contribution in [0, 0.1) is 0 Å². The van der Waals surface area contributed by atoms with Crippen molar-refractivity contribution in [1.29, 1.82) is 0 Å². The first-order valence-electron chi connectivity index (χ1n) is 9.10. The summed E-state index contributed by atoms with van der Waals surface area (Å²) in [6.07, 6.45) is 1.75. The minimum Gasteiger partial charge on any atom is -0.478 e. The summed E-state index contributed by atoms with van der Waals surface area (Å²) < 4.78 is 0. The molecule has 2 fully saturated rings. The van der Waals surface area contributed by atoms with Crippen LogP contribution in [0.15, 0.2) is 48.7 Å². The van der Waals surface area contributed by atoms with Crippen LogP contribution in [0.5, 0.6) is 0 Å². The zero-order valence-corrected chi connectivity index (χ0v) is 15.0. The Hall–Kier alpha value is -2.93. The number of piperazine rings is 1. The quantitative estimate of drug-likeness (QED) is 0.875. The predicted octanol–water partition coefficient (Wildman–Crippen LogP) is 1.90. The summed E-state index contributed by atoms with van der Waals surface area (Å²) >= 11 is 0. The van der Waals surface area contributed by atoms with Gasteiger partial charge in [0, 0.05) is 38.9 Å². The number of benzene rings is 1. The summed E-state index contributed by atoms with van der Waals surface area (Å²) in [6.45, 7) is 4.38. The lowest BCUT2D eigenvalue weighted by Crippen LogP contribution is -2.51. The zero-order chi connectivity index (χ0) is 18.8. The molecule has 2 aliphatic rings. The fraction of sp³-hybridized carbons (Fsp3) is 0.350. The van der Waals surface area contributed by atoms with Crippen molar-refractivity contribution < 1.29 is 14.7 Å². The molecule has 0 spiro atoms. The number of urea groups is 1. The Balaban J connectivity index is 1.37. The van der Waals surface area contributed by atoms with E-state index in [1.807, 2.05) is 40.1 Å². The van der Waals surface area contributed by atoms with Crippen LogP contribution in [0.3, 0.4) is 0 Å². The number of carboxylic acid groups (broad SMARTS) is 1. The van der Waals surface area contributed by atoms with Gasteiger partial charge in [0.25, 0.3) is 0 Å². The van der Waals surface area contributed by atoms with Crippen molar-refractivity contribution in [3.63, 3.8) is 0 Å². The molecule has 4 rings (SSSR count). The Bertz CT molecular complexity index is 825. The maximum Gasteiger partial charge on any atom is 0.335 e. The fourth-order valence-electron chi connectivity index (χ4n) is 3.82. The highest BCUT2D eigenvalue weighted by Crippen LogP contribution is 2.23. The van der Waals surface area contributed by atoms with E-state index >= 15 is 0 Å². The highest BCUT2D eigenvalue weighted by atomic mass is 16.4. The molecule has 0 aliphatic carbocycles. The summed E-state index contributed by atoms with van der Waals surface area (Å²) in [5.74, 6) is -0.910. The number of nitrogens with zero attached hydrogens (tertiary/aromatic N) is 4. The summed E-state index contributed by atoms with van der Waals surface area (Å²) in [6, 6.07) is 13.0. The Kier molecular flexibility index (Phi) is 4.77. The van der Waals surface area contributed by atoms with E-state index in [9.17, 15) is 9.59 Å². The monoisotopic (exact) mass is 366 g/mol. The summed E-state index contributed by atoms with van der Waals surface area (Å²) in [5.41, 5.74) is 2.29. The zero-order valence-electron chi connectivity index (χ0n) is 15.0. The highest BCUT2D eigenvalue weighted by molar-refractivity contribution is 5.87. The molecule has 7 nitrogen and oxygen atoms in total. The van der Waals surface area contributed by atoms with Gasteiger partial charge in [-0.15, -0.1) is 0 Å². The normalized spacial score (nSPS) is 20.0. The van der Waals surface area contributed by atoms with Crippen molar-refractivity contribution in [3.8, 4) is 0 Å². The molecule has 7 heteroatoms. The molecule has 2 aromatic rings. The highest BCUT2D eigenvalue weighted by Gasteiger charge is 2.40. The first-order valence-corrected chi connectivity index (χ1v) is 9.10. The number of carboxylic acids is 1. The second kappa shape index (κ2) is 7.36. The second-order valence-corrected chi connectivity index (χ2v) is 7.07. The van der Waals surface area contributed by atoms with Gasteiger partial charge >= 0.3 is 12.0 Å². The number of aromatic carboxylic acids is 1. The van der Waals surface area contributed by atoms with Crippen LogP contribution in [-0.4, -0.2) is 69.0 Å². The van der Waals surface area contributed by atoms with Gasteiger partial charge in [-0.2, -0.15) is 0 Å². The Labute approximate surface area is 157 Å². The third kappa shape index (κ3) is 3.78. The molecule has 0 radical (unpaired) electrons. The van der Waals surface area contributed by atoms with Crippen LogP contribution in [0.25, 0.3) is 0 Å². The number of aromatic nitrogens is 1. The van der Waals surface area contributed by atoms with Crippen LogP contribution in [0.2, 0.25) is 0 Å². The molecular weight excluding hydrogens is 344 g/mol. The van der Waals surface area contributed by atoms with Gasteiger partial charge in [0.2, 0.25) is 0 Å². The molecule has 1 aromatic carbocycles. The molecule has 140 valence electrons. The average molecular weight is 366 g/mol. The topological polar surface area (TPSA) is 77.0 Å². The molecule has 0 saturated carbocycles. The molecule has 3 heterocycles. The van der Waals surface area contributed by atoms with E-state index in [-0.39, 0.29) is 12.1 Å². The Morgan fingerprint density at radius 1 is 1.07 bits per heavy atom. The Morgan fingerprint density at radius 3 is 2.59 bits per heavy atom. The predicted molar refractivity (Wildman–Crippen MR) is 99.2 cm³/mol. The van der Waals surface area contributed by atoms with E-state index in [1.165, 1.54) is 0 Å². The largest absolute Gasteiger partial charge is 0.478 e. The van der Waals surface area contributed by atoms with Crippen LogP contribution >= 0.6 is 0 Å².